The maximum Gasteiger partial charge on any atom is 0.309 e. The van der Waals surface area contributed by atoms with Gasteiger partial charge >= 0.3 is 5.97 Å². The second-order valence-corrected chi connectivity index (χ2v) is 15.4. The molecule has 0 amide bonds. The smallest absolute Gasteiger partial charge is 0.309 e. The molecule has 3 aliphatic heterocycles. The van der Waals surface area contributed by atoms with Crippen LogP contribution in [0.2, 0.25) is 0 Å². The van der Waals surface area contributed by atoms with Crippen molar-refractivity contribution in [3.05, 3.63) is 0 Å². The third kappa shape index (κ3) is 8.26. The lowest BCUT2D eigenvalue weighted by atomic mass is 9.65. The van der Waals surface area contributed by atoms with Crippen LogP contribution in [-0.2, 0) is 23.8 Å². The van der Waals surface area contributed by atoms with Gasteiger partial charge < -0.3 is 44.8 Å². The summed E-state index contributed by atoms with van der Waals surface area (Å²) in [4.78, 5) is 20.0. The van der Waals surface area contributed by atoms with Crippen LogP contribution in [0.1, 0.15) is 101 Å². The summed E-state index contributed by atoms with van der Waals surface area (Å²) in [5, 5.41) is 54.5. The van der Waals surface area contributed by atoms with Crippen LogP contribution in [-0.4, -0.2) is 106 Å². The number of methoxy groups -OCH3 is 1. The molecule has 0 bridgehead atoms. The van der Waals surface area contributed by atoms with Crippen molar-refractivity contribution in [3.63, 3.8) is 0 Å². The van der Waals surface area contributed by atoms with Crippen molar-refractivity contribution < 1.29 is 44.3 Å². The summed E-state index contributed by atoms with van der Waals surface area (Å²) in [5.41, 5.74) is -3.40. The second kappa shape index (κ2) is 15.5. The van der Waals surface area contributed by atoms with E-state index in [2.05, 4.69) is 10.5 Å². The summed E-state index contributed by atoms with van der Waals surface area (Å²) in [6.45, 7) is 19.9. The summed E-state index contributed by atoms with van der Waals surface area (Å²) in [5.74, 6) is -3.19. The zero-order valence-electron chi connectivity index (χ0n) is 30.2. The number of nitrogens with zero attached hydrogens (tertiary/aromatic N) is 1. The highest BCUT2D eigenvalue weighted by Gasteiger charge is 2.53. The number of rotatable bonds is 5. The number of aliphatic hydroxyl groups excluding tert-OH is 2. The first-order chi connectivity index (χ1) is 21.3. The topological polar surface area (TPSA) is 159 Å². The van der Waals surface area contributed by atoms with Crippen molar-refractivity contribution in [1.82, 2.24) is 5.32 Å². The molecule has 0 spiro atoms. The third-order valence-electron chi connectivity index (χ3n) is 11.9. The van der Waals surface area contributed by atoms with Gasteiger partial charge in [0.2, 0.25) is 0 Å². The van der Waals surface area contributed by atoms with Gasteiger partial charge in [0.05, 0.1) is 41.1 Å². The van der Waals surface area contributed by atoms with Crippen LogP contribution in [0.15, 0.2) is 5.16 Å². The van der Waals surface area contributed by atoms with Gasteiger partial charge in [0.25, 0.3) is 0 Å². The van der Waals surface area contributed by atoms with E-state index in [1.807, 2.05) is 34.6 Å². The number of oxime groups is 1. The van der Waals surface area contributed by atoms with Crippen LogP contribution in [0.3, 0.4) is 0 Å². The summed E-state index contributed by atoms with van der Waals surface area (Å²) in [7, 11) is 1.57. The quantitative estimate of drug-likeness (QED) is 0.219. The number of hydrogen-bond acceptors (Lipinski definition) is 11. The van der Waals surface area contributed by atoms with Crippen LogP contribution in [0.25, 0.3) is 0 Å². The Balaban J connectivity index is 2.10. The SMILES string of the molecule is CC[C@H]1OC(=O)[C@H](C)[C@@H](C2C[C@@](C)(OC)[C@@H](O)[C@H](C)O2)[C@H](C)[C@@H](C)[C@](C)(O)C[C@@H](C)/C(=N\O[C@@H]2CCCNC2)[C@H](C)[C@@H](O)[C@]1(C)O. The Morgan fingerprint density at radius 3 is 2.22 bits per heavy atom. The van der Waals surface area contributed by atoms with E-state index >= 15 is 0 Å². The fraction of sp³-hybridized carbons (Fsp3) is 0.943. The normalized spacial score (nSPS) is 49.6. The molecule has 3 fully saturated rings. The number of cyclic esters (lactones) is 1. The predicted octanol–water partition coefficient (Wildman–Crippen LogP) is 3.44. The molecule has 46 heavy (non-hydrogen) atoms. The highest BCUT2D eigenvalue weighted by atomic mass is 16.6. The molecule has 3 rings (SSSR count). The zero-order chi connectivity index (χ0) is 34.8. The molecule has 0 aromatic carbocycles. The van der Waals surface area contributed by atoms with Gasteiger partial charge in [0.1, 0.15) is 23.9 Å². The Morgan fingerprint density at radius 2 is 1.65 bits per heavy atom. The molecule has 0 aromatic heterocycles. The highest BCUT2D eigenvalue weighted by molar-refractivity contribution is 5.88. The minimum atomic E-state index is -1.81. The van der Waals surface area contributed by atoms with Crippen molar-refractivity contribution in [2.24, 2.45) is 40.7 Å². The van der Waals surface area contributed by atoms with Crippen molar-refractivity contribution in [2.45, 2.75) is 155 Å². The van der Waals surface area contributed by atoms with Gasteiger partial charge in [-0.05, 0) is 71.8 Å². The lowest BCUT2D eigenvalue weighted by Crippen LogP contribution is -2.60. The van der Waals surface area contributed by atoms with Gasteiger partial charge in [-0.15, -0.1) is 0 Å². The minimum absolute atomic E-state index is 0.119. The Bertz CT molecular complexity index is 1030. The molecule has 3 heterocycles. The van der Waals surface area contributed by atoms with E-state index in [9.17, 15) is 25.2 Å². The lowest BCUT2D eigenvalue weighted by molar-refractivity contribution is -0.236. The number of carbonyl (C=O) groups is 1. The minimum Gasteiger partial charge on any atom is -0.459 e. The fourth-order valence-corrected chi connectivity index (χ4v) is 8.32. The number of piperidine rings is 1. The molecule has 3 aliphatic rings. The Morgan fingerprint density at radius 1 is 1.00 bits per heavy atom. The van der Waals surface area contributed by atoms with Crippen molar-refractivity contribution in [2.75, 3.05) is 20.2 Å². The van der Waals surface area contributed by atoms with Gasteiger partial charge in [0.15, 0.2) is 0 Å². The van der Waals surface area contributed by atoms with Crippen molar-refractivity contribution >= 4 is 11.7 Å². The molecule has 268 valence electrons. The standard InChI is InChI=1S/C35H64N2O9/c1-12-27-35(10,42)30(38)22(5)29(37-46-25-14-13-15-36-18-25)19(2)16-33(8,41)23(6)20(3)28(21(4)32(40)45-27)26-17-34(9,43-11)31(39)24(7)44-26/h19-28,30-31,36,38-39,41-42H,12-18H2,1-11H3/b37-29+/t19-,20-,21-,22+,23-,24+,25-,26?,27-,28+,30-,31+,33-,34-,35-/m1/s1. The number of esters is 1. The summed E-state index contributed by atoms with van der Waals surface area (Å²) >= 11 is 0. The second-order valence-electron chi connectivity index (χ2n) is 15.4. The average Bonchev–Trinajstić information content (AvgIpc) is 3.01. The molecule has 5 N–H and O–H groups in total. The fourth-order valence-electron chi connectivity index (χ4n) is 8.32. The molecule has 15 atom stereocenters. The molecule has 1 unspecified atom stereocenters. The lowest BCUT2D eigenvalue weighted by Gasteiger charge is -2.50. The maximum atomic E-state index is 14.0. The van der Waals surface area contributed by atoms with E-state index < -0.39 is 71.0 Å². The first-order valence-electron chi connectivity index (χ1n) is 17.5. The molecular weight excluding hydrogens is 592 g/mol. The maximum absolute atomic E-state index is 14.0. The van der Waals surface area contributed by atoms with Crippen LogP contribution in [0.4, 0.5) is 0 Å². The Hall–Kier alpha value is -1.34. The van der Waals surface area contributed by atoms with Crippen LogP contribution in [0, 0.1) is 35.5 Å². The third-order valence-corrected chi connectivity index (χ3v) is 11.9. The summed E-state index contributed by atoms with van der Waals surface area (Å²) in [6.07, 6.45) is -1.64. The number of hydrogen-bond donors (Lipinski definition) is 5. The van der Waals surface area contributed by atoms with E-state index in [4.69, 9.17) is 19.0 Å². The molecule has 3 saturated heterocycles. The first kappa shape index (κ1) is 39.1. The number of ether oxygens (including phenoxy) is 3. The molecule has 0 aliphatic carbocycles. The van der Waals surface area contributed by atoms with E-state index in [-0.39, 0.29) is 30.3 Å². The van der Waals surface area contributed by atoms with Crippen LogP contribution >= 0.6 is 0 Å². The van der Waals surface area contributed by atoms with Gasteiger partial charge in [-0.1, -0.05) is 46.7 Å². The van der Waals surface area contributed by atoms with Crippen molar-refractivity contribution in [3.8, 4) is 0 Å². The van der Waals surface area contributed by atoms with E-state index in [0.29, 0.717) is 25.1 Å². The monoisotopic (exact) mass is 656 g/mol. The van der Waals surface area contributed by atoms with E-state index in [1.54, 1.807) is 34.8 Å². The van der Waals surface area contributed by atoms with Crippen molar-refractivity contribution in [1.29, 1.82) is 0 Å². The average molecular weight is 657 g/mol. The van der Waals surface area contributed by atoms with Crippen LogP contribution < -0.4 is 5.32 Å². The molecule has 11 nitrogen and oxygen atoms in total. The predicted molar refractivity (Wildman–Crippen MR) is 176 cm³/mol. The summed E-state index contributed by atoms with van der Waals surface area (Å²) in [6, 6.07) is 0. The Labute approximate surface area is 276 Å². The Kier molecular flexibility index (Phi) is 13.2. The van der Waals surface area contributed by atoms with E-state index in [0.717, 1.165) is 19.4 Å². The van der Waals surface area contributed by atoms with Gasteiger partial charge in [0, 0.05) is 37.8 Å². The summed E-state index contributed by atoms with van der Waals surface area (Å²) < 4.78 is 18.3. The van der Waals surface area contributed by atoms with Gasteiger partial charge in [-0.2, -0.15) is 0 Å². The van der Waals surface area contributed by atoms with E-state index in [1.165, 1.54) is 6.92 Å². The van der Waals surface area contributed by atoms with Gasteiger partial charge in [-0.3, -0.25) is 4.79 Å². The van der Waals surface area contributed by atoms with Gasteiger partial charge in [-0.25, -0.2) is 0 Å². The number of nitrogens with one attached hydrogen (secondary N) is 1. The molecule has 0 aromatic rings. The molecule has 0 radical (unpaired) electrons. The molecule has 0 saturated carbocycles. The molecule has 11 heteroatoms. The molecular formula is C35H64N2O9. The number of aliphatic hydroxyl groups is 4. The number of carbonyl (C=O) groups excluding carboxylic acids is 1. The largest absolute Gasteiger partial charge is 0.459 e. The first-order valence-corrected chi connectivity index (χ1v) is 17.5. The zero-order valence-corrected chi connectivity index (χ0v) is 30.2. The van der Waals surface area contributed by atoms with Crippen LogP contribution in [0.5, 0.6) is 0 Å². The highest BCUT2D eigenvalue weighted by Crippen LogP contribution is 2.45.